The van der Waals surface area contributed by atoms with E-state index in [-0.39, 0.29) is 17.0 Å². The fourth-order valence-corrected chi connectivity index (χ4v) is 3.67. The summed E-state index contributed by atoms with van der Waals surface area (Å²) >= 11 is 12.1. The van der Waals surface area contributed by atoms with Gasteiger partial charge in [0, 0.05) is 15.6 Å². The van der Waals surface area contributed by atoms with Gasteiger partial charge in [0.05, 0.1) is 13.0 Å². The van der Waals surface area contributed by atoms with E-state index in [1.54, 1.807) is 0 Å². The third-order valence-electron chi connectivity index (χ3n) is 4.38. The molecule has 0 radical (unpaired) electrons. The number of imidazole rings is 1. The fourth-order valence-electron chi connectivity index (χ4n) is 3.33. The third-order valence-corrected chi connectivity index (χ3v) is 4.86. The van der Waals surface area contributed by atoms with E-state index in [4.69, 9.17) is 23.2 Å². The van der Waals surface area contributed by atoms with Crippen molar-refractivity contribution >= 4 is 23.2 Å². The van der Waals surface area contributed by atoms with Crippen molar-refractivity contribution in [1.29, 1.82) is 0 Å². The van der Waals surface area contributed by atoms with Gasteiger partial charge < -0.3 is 17.0 Å². The van der Waals surface area contributed by atoms with E-state index >= 15 is 0 Å². The maximum atomic E-state index is 6.12. The molecular weight excluding hydrogens is 407 g/mol. The van der Waals surface area contributed by atoms with Gasteiger partial charge in [-0.15, -0.1) is 0 Å². The van der Waals surface area contributed by atoms with Crippen LogP contribution in [0.4, 0.5) is 0 Å². The number of hydrogen-bond donors (Lipinski definition) is 0. The standard InChI is InChI=1S/C19H17Cl2N2.BrH/c20-16-8-6-15(7-9-16)18-13-22(19-5-2-10-23(18)19)12-14-3-1-4-17(21)11-14;/h1,3-4,6-9,11,13H,2,5,10,12H2;1H/q+1;/p-1. The summed E-state index contributed by atoms with van der Waals surface area (Å²) in [6.07, 6.45) is 4.57. The van der Waals surface area contributed by atoms with Crippen molar-refractivity contribution in [3.8, 4) is 11.3 Å². The van der Waals surface area contributed by atoms with E-state index in [0.29, 0.717) is 0 Å². The van der Waals surface area contributed by atoms with Gasteiger partial charge in [-0.25, -0.2) is 9.13 Å². The topological polar surface area (TPSA) is 8.81 Å². The Labute approximate surface area is 162 Å². The highest BCUT2D eigenvalue weighted by atomic mass is 79.9. The minimum Gasteiger partial charge on any atom is -1.00 e. The molecule has 0 atom stereocenters. The molecule has 1 aromatic heterocycles. The van der Waals surface area contributed by atoms with Crippen LogP contribution < -0.4 is 21.5 Å². The van der Waals surface area contributed by atoms with Crippen LogP contribution in [-0.4, -0.2) is 4.57 Å². The van der Waals surface area contributed by atoms with Gasteiger partial charge in [-0.3, -0.25) is 0 Å². The van der Waals surface area contributed by atoms with Crippen molar-refractivity contribution < 1.29 is 21.5 Å². The van der Waals surface area contributed by atoms with Crippen molar-refractivity contribution in [2.24, 2.45) is 0 Å². The lowest BCUT2D eigenvalue weighted by Gasteiger charge is -2.00. The van der Waals surface area contributed by atoms with Crippen LogP contribution in [0.5, 0.6) is 0 Å². The molecule has 24 heavy (non-hydrogen) atoms. The van der Waals surface area contributed by atoms with E-state index in [1.807, 2.05) is 30.3 Å². The molecule has 0 bridgehead atoms. The van der Waals surface area contributed by atoms with E-state index in [0.717, 1.165) is 29.6 Å². The fraction of sp³-hybridized carbons (Fsp3) is 0.211. The molecule has 0 spiro atoms. The Morgan fingerprint density at radius 2 is 1.79 bits per heavy atom. The number of aromatic nitrogens is 2. The molecule has 0 fully saturated rings. The second kappa shape index (κ2) is 7.30. The van der Waals surface area contributed by atoms with Gasteiger partial charge >= 0.3 is 0 Å². The number of halogens is 3. The van der Waals surface area contributed by atoms with E-state index in [9.17, 15) is 0 Å². The van der Waals surface area contributed by atoms with Crippen LogP contribution in [-0.2, 0) is 19.5 Å². The zero-order chi connectivity index (χ0) is 15.8. The highest BCUT2D eigenvalue weighted by molar-refractivity contribution is 6.30. The molecular formula is C19H17BrCl2N2. The maximum absolute atomic E-state index is 6.12. The first kappa shape index (κ1) is 17.5. The molecule has 5 heteroatoms. The number of rotatable bonds is 3. The Morgan fingerprint density at radius 1 is 1.00 bits per heavy atom. The van der Waals surface area contributed by atoms with Gasteiger partial charge in [0.1, 0.15) is 12.7 Å². The first-order valence-electron chi connectivity index (χ1n) is 7.83. The molecule has 0 N–H and O–H groups in total. The van der Waals surface area contributed by atoms with Crippen molar-refractivity contribution in [3.05, 3.63) is 76.2 Å². The Morgan fingerprint density at radius 3 is 2.54 bits per heavy atom. The number of fused-ring (bicyclic) bond motifs is 1. The number of nitrogens with zero attached hydrogens (tertiary/aromatic N) is 2. The smallest absolute Gasteiger partial charge is 0.257 e. The Balaban J connectivity index is 0.00000169. The van der Waals surface area contributed by atoms with Crippen LogP contribution in [0.1, 0.15) is 17.8 Å². The molecule has 1 aliphatic heterocycles. The van der Waals surface area contributed by atoms with Gasteiger partial charge in [0.2, 0.25) is 0 Å². The normalized spacial score (nSPS) is 12.8. The highest BCUT2D eigenvalue weighted by Crippen LogP contribution is 2.26. The minimum absolute atomic E-state index is 0. The lowest BCUT2D eigenvalue weighted by Crippen LogP contribution is -3.00. The average molecular weight is 424 g/mol. The zero-order valence-corrected chi connectivity index (χ0v) is 16.2. The summed E-state index contributed by atoms with van der Waals surface area (Å²) in [5.41, 5.74) is 3.70. The molecule has 2 nitrogen and oxygen atoms in total. The molecule has 0 aliphatic carbocycles. The van der Waals surface area contributed by atoms with Crippen molar-refractivity contribution in [2.45, 2.75) is 25.9 Å². The Hall–Kier alpha value is -1.29. The summed E-state index contributed by atoms with van der Waals surface area (Å²) in [7, 11) is 0. The monoisotopic (exact) mass is 422 g/mol. The van der Waals surface area contributed by atoms with Crippen LogP contribution in [0.25, 0.3) is 11.3 Å². The first-order chi connectivity index (χ1) is 11.2. The number of benzene rings is 2. The summed E-state index contributed by atoms with van der Waals surface area (Å²) in [5.74, 6) is 1.38. The largest absolute Gasteiger partial charge is 1.00 e. The molecule has 124 valence electrons. The summed E-state index contributed by atoms with van der Waals surface area (Å²) < 4.78 is 4.77. The van der Waals surface area contributed by atoms with Gasteiger partial charge in [-0.2, -0.15) is 0 Å². The van der Waals surface area contributed by atoms with E-state index in [2.05, 4.69) is 33.5 Å². The van der Waals surface area contributed by atoms with Crippen LogP contribution in [0.15, 0.2) is 54.7 Å². The lowest BCUT2D eigenvalue weighted by atomic mass is 10.1. The number of hydrogen-bond acceptors (Lipinski definition) is 0. The molecule has 3 aromatic rings. The predicted molar refractivity (Wildman–Crippen MR) is 93.9 cm³/mol. The Bertz CT molecular complexity index is 856. The Kier molecular flexibility index (Phi) is 5.33. The zero-order valence-electron chi connectivity index (χ0n) is 13.1. The summed E-state index contributed by atoms with van der Waals surface area (Å²) in [4.78, 5) is 0. The molecule has 1 aliphatic rings. The average Bonchev–Trinajstić information content (AvgIpc) is 3.12. The van der Waals surface area contributed by atoms with Gasteiger partial charge in [-0.1, -0.05) is 35.3 Å². The molecule has 0 saturated heterocycles. The second-order valence-electron chi connectivity index (χ2n) is 5.95. The molecule has 2 heterocycles. The van der Waals surface area contributed by atoms with Crippen molar-refractivity contribution in [1.82, 2.24) is 4.57 Å². The molecule has 0 amide bonds. The quantitative estimate of drug-likeness (QED) is 0.567. The predicted octanol–water partition coefficient (Wildman–Crippen LogP) is 1.75. The summed E-state index contributed by atoms with van der Waals surface area (Å²) in [6.45, 7) is 1.93. The molecule has 0 unspecified atom stereocenters. The summed E-state index contributed by atoms with van der Waals surface area (Å²) in [6, 6.07) is 16.2. The van der Waals surface area contributed by atoms with Gasteiger partial charge in [0.15, 0.2) is 5.69 Å². The second-order valence-corrected chi connectivity index (χ2v) is 6.82. The minimum atomic E-state index is 0. The van der Waals surface area contributed by atoms with Crippen molar-refractivity contribution in [2.75, 3.05) is 0 Å². The van der Waals surface area contributed by atoms with Crippen LogP contribution in [0.3, 0.4) is 0 Å². The third kappa shape index (κ3) is 3.39. The maximum Gasteiger partial charge on any atom is 0.257 e. The van der Waals surface area contributed by atoms with Crippen LogP contribution in [0, 0.1) is 0 Å². The van der Waals surface area contributed by atoms with Gasteiger partial charge in [-0.05, 0) is 48.4 Å². The van der Waals surface area contributed by atoms with E-state index < -0.39 is 0 Å². The van der Waals surface area contributed by atoms with Gasteiger partial charge in [0.25, 0.3) is 5.82 Å². The lowest BCUT2D eigenvalue weighted by molar-refractivity contribution is -0.694. The SMILES string of the molecule is Clc1ccc(-c2c[n+](Cc3cccc(Cl)c3)c3n2CCC3)cc1.[Br-]. The van der Waals surface area contributed by atoms with E-state index in [1.165, 1.54) is 29.1 Å². The molecule has 2 aromatic carbocycles. The van der Waals surface area contributed by atoms with Crippen molar-refractivity contribution in [3.63, 3.8) is 0 Å². The highest BCUT2D eigenvalue weighted by Gasteiger charge is 2.28. The summed E-state index contributed by atoms with van der Waals surface area (Å²) in [5, 5.41) is 1.56. The molecule has 4 rings (SSSR count). The van der Waals surface area contributed by atoms with Crippen LogP contribution >= 0.6 is 23.2 Å². The first-order valence-corrected chi connectivity index (χ1v) is 8.58. The molecule has 0 saturated carbocycles. The van der Waals surface area contributed by atoms with Crippen LogP contribution in [0.2, 0.25) is 10.0 Å².